The first-order chi connectivity index (χ1) is 6.84. The standard InChI is InChI=1S/C13H18O/c14-13-9-7-12(8-10-13)6-5-11-3-1-2-4-11/h7-11,14H,1-6H2. The second kappa shape index (κ2) is 4.50. The normalized spacial score (nSPS) is 17.4. The number of benzene rings is 1. The Morgan fingerprint density at radius 2 is 1.71 bits per heavy atom. The van der Waals surface area contributed by atoms with Crippen molar-refractivity contribution in [2.24, 2.45) is 5.92 Å². The third-order valence-corrected chi connectivity index (χ3v) is 3.25. The van der Waals surface area contributed by atoms with E-state index in [4.69, 9.17) is 5.11 Å². The second-order valence-corrected chi connectivity index (χ2v) is 4.36. The largest absolute Gasteiger partial charge is 0.508 e. The summed E-state index contributed by atoms with van der Waals surface area (Å²) >= 11 is 0. The van der Waals surface area contributed by atoms with Crippen LogP contribution in [0.5, 0.6) is 5.75 Å². The third kappa shape index (κ3) is 2.50. The number of phenolic OH excluding ortho intramolecular Hbond substituents is 1. The van der Waals surface area contributed by atoms with E-state index in [2.05, 4.69) is 0 Å². The Hall–Kier alpha value is -0.980. The van der Waals surface area contributed by atoms with Crippen molar-refractivity contribution in [1.29, 1.82) is 0 Å². The predicted molar refractivity (Wildman–Crippen MR) is 58.4 cm³/mol. The first-order valence-electron chi connectivity index (χ1n) is 5.62. The van der Waals surface area contributed by atoms with Crippen LogP contribution in [0, 0.1) is 5.92 Å². The van der Waals surface area contributed by atoms with E-state index in [0.29, 0.717) is 5.75 Å². The molecule has 0 amide bonds. The number of rotatable bonds is 3. The summed E-state index contributed by atoms with van der Waals surface area (Å²) in [6.45, 7) is 0. The van der Waals surface area contributed by atoms with Gasteiger partial charge in [0.15, 0.2) is 0 Å². The van der Waals surface area contributed by atoms with Crippen LogP contribution in [0.25, 0.3) is 0 Å². The molecule has 1 aliphatic rings. The van der Waals surface area contributed by atoms with Crippen LogP contribution in [0.1, 0.15) is 37.7 Å². The van der Waals surface area contributed by atoms with Gasteiger partial charge in [-0.1, -0.05) is 37.8 Å². The Kier molecular flexibility index (Phi) is 3.07. The molecular formula is C13H18O. The molecule has 0 spiro atoms. The maximum Gasteiger partial charge on any atom is 0.115 e. The summed E-state index contributed by atoms with van der Waals surface area (Å²) in [7, 11) is 0. The molecule has 1 nitrogen and oxygen atoms in total. The van der Waals surface area contributed by atoms with Gasteiger partial charge in [0.1, 0.15) is 5.75 Å². The maximum atomic E-state index is 9.14. The summed E-state index contributed by atoms with van der Waals surface area (Å²) in [4.78, 5) is 0. The summed E-state index contributed by atoms with van der Waals surface area (Å²) in [5.41, 5.74) is 1.36. The monoisotopic (exact) mass is 190 g/mol. The Morgan fingerprint density at radius 1 is 1.07 bits per heavy atom. The lowest BCUT2D eigenvalue weighted by Crippen LogP contribution is -1.95. The molecule has 1 aliphatic carbocycles. The van der Waals surface area contributed by atoms with Crippen LogP contribution in [0.3, 0.4) is 0 Å². The zero-order valence-electron chi connectivity index (χ0n) is 8.58. The molecule has 0 unspecified atom stereocenters. The van der Waals surface area contributed by atoms with Gasteiger partial charge in [-0.05, 0) is 36.5 Å². The highest BCUT2D eigenvalue weighted by Gasteiger charge is 2.14. The SMILES string of the molecule is Oc1ccc(CCC2CCCC2)cc1. The van der Waals surface area contributed by atoms with Gasteiger partial charge in [-0.15, -0.1) is 0 Å². The van der Waals surface area contributed by atoms with Crippen molar-refractivity contribution in [3.05, 3.63) is 29.8 Å². The molecule has 14 heavy (non-hydrogen) atoms. The predicted octanol–water partition coefficient (Wildman–Crippen LogP) is 3.52. The quantitative estimate of drug-likeness (QED) is 0.773. The second-order valence-electron chi connectivity index (χ2n) is 4.36. The number of aryl methyl sites for hydroxylation is 1. The van der Waals surface area contributed by atoms with Crippen LogP contribution in [-0.4, -0.2) is 5.11 Å². The molecule has 76 valence electrons. The number of phenols is 1. The van der Waals surface area contributed by atoms with Gasteiger partial charge in [0, 0.05) is 0 Å². The fourth-order valence-electron chi connectivity index (χ4n) is 2.33. The summed E-state index contributed by atoms with van der Waals surface area (Å²) in [6, 6.07) is 7.63. The van der Waals surface area contributed by atoms with Crippen molar-refractivity contribution >= 4 is 0 Å². The fourth-order valence-corrected chi connectivity index (χ4v) is 2.33. The molecule has 1 heteroatoms. The van der Waals surface area contributed by atoms with Gasteiger partial charge < -0.3 is 5.11 Å². The van der Waals surface area contributed by atoms with E-state index >= 15 is 0 Å². The molecule has 1 aromatic carbocycles. The lowest BCUT2D eigenvalue weighted by Gasteiger charge is -2.08. The molecule has 1 saturated carbocycles. The van der Waals surface area contributed by atoms with Crippen LogP contribution in [0.15, 0.2) is 24.3 Å². The minimum absolute atomic E-state index is 0.370. The molecule has 0 atom stereocenters. The Bertz CT molecular complexity index is 270. The van der Waals surface area contributed by atoms with Crippen LogP contribution < -0.4 is 0 Å². The number of hydrogen-bond acceptors (Lipinski definition) is 1. The zero-order valence-corrected chi connectivity index (χ0v) is 8.58. The van der Waals surface area contributed by atoms with E-state index in [0.717, 1.165) is 5.92 Å². The number of hydrogen-bond donors (Lipinski definition) is 1. The molecule has 0 saturated heterocycles. The molecule has 0 aromatic heterocycles. The fraction of sp³-hybridized carbons (Fsp3) is 0.538. The van der Waals surface area contributed by atoms with E-state index < -0.39 is 0 Å². The molecule has 1 N–H and O–H groups in total. The third-order valence-electron chi connectivity index (χ3n) is 3.25. The number of aromatic hydroxyl groups is 1. The molecule has 1 aromatic rings. The van der Waals surface area contributed by atoms with Crippen molar-refractivity contribution in [3.8, 4) is 5.75 Å². The smallest absolute Gasteiger partial charge is 0.115 e. The van der Waals surface area contributed by atoms with Gasteiger partial charge in [-0.3, -0.25) is 0 Å². The molecule has 0 radical (unpaired) electrons. The summed E-state index contributed by atoms with van der Waals surface area (Å²) in [5, 5.41) is 9.14. The lowest BCUT2D eigenvalue weighted by atomic mass is 9.98. The van der Waals surface area contributed by atoms with Gasteiger partial charge in [-0.25, -0.2) is 0 Å². The van der Waals surface area contributed by atoms with Crippen molar-refractivity contribution in [2.75, 3.05) is 0 Å². The molecular weight excluding hydrogens is 172 g/mol. The molecule has 0 bridgehead atoms. The Labute approximate surface area is 85.8 Å². The van der Waals surface area contributed by atoms with Gasteiger partial charge in [0.2, 0.25) is 0 Å². The van der Waals surface area contributed by atoms with Gasteiger partial charge in [0.05, 0.1) is 0 Å². The highest BCUT2D eigenvalue weighted by Crippen LogP contribution is 2.28. The van der Waals surface area contributed by atoms with Crippen LogP contribution in [0.4, 0.5) is 0 Å². The van der Waals surface area contributed by atoms with Crippen molar-refractivity contribution in [3.63, 3.8) is 0 Å². The lowest BCUT2D eigenvalue weighted by molar-refractivity contribution is 0.474. The zero-order chi connectivity index (χ0) is 9.80. The average Bonchev–Trinajstić information content (AvgIpc) is 2.70. The van der Waals surface area contributed by atoms with Crippen LogP contribution in [-0.2, 0) is 6.42 Å². The van der Waals surface area contributed by atoms with Crippen molar-refractivity contribution < 1.29 is 5.11 Å². The van der Waals surface area contributed by atoms with E-state index in [-0.39, 0.29) is 0 Å². The van der Waals surface area contributed by atoms with Crippen LogP contribution >= 0.6 is 0 Å². The Morgan fingerprint density at radius 3 is 2.36 bits per heavy atom. The van der Waals surface area contributed by atoms with Crippen molar-refractivity contribution in [2.45, 2.75) is 38.5 Å². The average molecular weight is 190 g/mol. The summed E-state index contributed by atoms with van der Waals surface area (Å²) < 4.78 is 0. The first-order valence-corrected chi connectivity index (χ1v) is 5.62. The minimum atomic E-state index is 0.370. The Balaban J connectivity index is 1.82. The van der Waals surface area contributed by atoms with Gasteiger partial charge >= 0.3 is 0 Å². The summed E-state index contributed by atoms with van der Waals surface area (Å²) in [6.07, 6.45) is 8.21. The van der Waals surface area contributed by atoms with Crippen molar-refractivity contribution in [1.82, 2.24) is 0 Å². The maximum absolute atomic E-state index is 9.14. The van der Waals surface area contributed by atoms with Gasteiger partial charge in [-0.2, -0.15) is 0 Å². The molecule has 1 fully saturated rings. The summed E-state index contributed by atoms with van der Waals surface area (Å²) in [5.74, 6) is 1.33. The highest BCUT2D eigenvalue weighted by molar-refractivity contribution is 5.25. The van der Waals surface area contributed by atoms with E-state index in [1.54, 1.807) is 12.1 Å². The topological polar surface area (TPSA) is 20.2 Å². The molecule has 2 rings (SSSR count). The van der Waals surface area contributed by atoms with Gasteiger partial charge in [0.25, 0.3) is 0 Å². The highest BCUT2D eigenvalue weighted by atomic mass is 16.3. The van der Waals surface area contributed by atoms with E-state index in [1.165, 1.54) is 44.1 Å². The van der Waals surface area contributed by atoms with E-state index in [1.807, 2.05) is 12.1 Å². The van der Waals surface area contributed by atoms with Crippen LogP contribution in [0.2, 0.25) is 0 Å². The molecule has 0 aliphatic heterocycles. The first kappa shape index (κ1) is 9.57. The van der Waals surface area contributed by atoms with E-state index in [9.17, 15) is 0 Å². The molecule has 0 heterocycles. The minimum Gasteiger partial charge on any atom is -0.508 e.